The molecule has 3 amide bonds. The molecule has 188 valence electrons. The molecular formula is C24H21Cl3N4O5. The Balaban J connectivity index is 1.66. The smallest absolute Gasteiger partial charge is 0.326 e. The van der Waals surface area contributed by atoms with Crippen LogP contribution in [0.15, 0.2) is 60.7 Å². The number of hydrogen-bond acceptors (Lipinski definition) is 5. The number of methoxy groups -OCH3 is 1. The Morgan fingerprint density at radius 1 is 0.972 bits per heavy atom. The van der Waals surface area contributed by atoms with Crippen molar-refractivity contribution < 1.29 is 19.2 Å². The zero-order valence-electron chi connectivity index (χ0n) is 19.0. The summed E-state index contributed by atoms with van der Waals surface area (Å²) in [6, 6.07) is 14.9. The molecule has 0 aliphatic carbocycles. The van der Waals surface area contributed by atoms with Crippen LogP contribution in [0.3, 0.4) is 0 Å². The number of hydrogen-bond donors (Lipinski definition) is 2. The minimum absolute atomic E-state index is 0.0254. The Morgan fingerprint density at radius 2 is 1.69 bits per heavy atom. The van der Waals surface area contributed by atoms with E-state index in [4.69, 9.17) is 39.5 Å². The van der Waals surface area contributed by atoms with Crippen LogP contribution in [0.2, 0.25) is 15.1 Å². The molecule has 0 atom stereocenters. The van der Waals surface area contributed by atoms with E-state index in [0.717, 1.165) is 6.07 Å². The summed E-state index contributed by atoms with van der Waals surface area (Å²) < 4.78 is 5.18. The fourth-order valence-electron chi connectivity index (χ4n) is 3.21. The van der Waals surface area contributed by atoms with Gasteiger partial charge in [0.1, 0.15) is 5.75 Å². The van der Waals surface area contributed by atoms with Gasteiger partial charge in [0.2, 0.25) is 0 Å². The van der Waals surface area contributed by atoms with Crippen LogP contribution in [0.5, 0.6) is 5.75 Å². The number of carbonyl (C=O) groups excluding carboxylic acids is 2. The topological polar surface area (TPSA) is 114 Å². The van der Waals surface area contributed by atoms with Crippen molar-refractivity contribution >= 4 is 63.8 Å². The quantitative estimate of drug-likeness (QED) is 0.181. The Kier molecular flexibility index (Phi) is 9.35. The van der Waals surface area contributed by atoms with Crippen LogP contribution in [0.25, 0.3) is 0 Å². The molecule has 0 aromatic heterocycles. The molecule has 36 heavy (non-hydrogen) atoms. The van der Waals surface area contributed by atoms with Crippen LogP contribution in [-0.2, 0) is 0 Å². The Labute approximate surface area is 222 Å². The number of nitro groups is 1. The molecule has 0 aliphatic heterocycles. The first-order valence-electron chi connectivity index (χ1n) is 10.6. The molecule has 9 nitrogen and oxygen atoms in total. The van der Waals surface area contributed by atoms with Gasteiger partial charge in [0.05, 0.1) is 32.7 Å². The standard InChI is InChI=1S/C24H21Cl3N4O5/c1-36-18-7-4-16(5-8-18)30(24(33)29-15-3-10-20(25)22(27)13-15)12-2-11-28-23(32)19-9-6-17(31(34)35)14-21(19)26/h3-10,13-14H,2,11-12H2,1H3,(H,28,32)(H,29,33). The van der Waals surface area contributed by atoms with Gasteiger partial charge in [-0.3, -0.25) is 19.8 Å². The third-order valence-corrected chi connectivity index (χ3v) is 6.10. The van der Waals surface area contributed by atoms with Gasteiger partial charge in [0.15, 0.2) is 0 Å². The predicted octanol–water partition coefficient (Wildman–Crippen LogP) is 6.42. The van der Waals surface area contributed by atoms with E-state index in [1.165, 1.54) is 17.0 Å². The van der Waals surface area contributed by atoms with E-state index < -0.39 is 16.9 Å². The average Bonchev–Trinajstić information content (AvgIpc) is 2.86. The van der Waals surface area contributed by atoms with Crippen LogP contribution >= 0.6 is 34.8 Å². The molecule has 12 heteroatoms. The molecule has 3 aromatic rings. The van der Waals surface area contributed by atoms with Crippen LogP contribution < -0.4 is 20.3 Å². The molecule has 3 aromatic carbocycles. The van der Waals surface area contributed by atoms with Crippen LogP contribution in [0, 0.1) is 10.1 Å². The summed E-state index contributed by atoms with van der Waals surface area (Å²) in [4.78, 5) is 37.3. The molecule has 0 bridgehead atoms. The highest BCUT2D eigenvalue weighted by Gasteiger charge is 2.18. The van der Waals surface area contributed by atoms with Gasteiger partial charge >= 0.3 is 6.03 Å². The number of halogens is 3. The van der Waals surface area contributed by atoms with Crippen molar-refractivity contribution in [3.05, 3.63) is 91.4 Å². The van der Waals surface area contributed by atoms with E-state index in [1.54, 1.807) is 49.6 Å². The number of non-ortho nitro benzene ring substituents is 1. The first-order valence-corrected chi connectivity index (χ1v) is 11.7. The summed E-state index contributed by atoms with van der Waals surface area (Å²) in [5, 5.41) is 17.0. The lowest BCUT2D eigenvalue weighted by atomic mass is 10.2. The van der Waals surface area contributed by atoms with Crippen molar-refractivity contribution in [2.24, 2.45) is 0 Å². The van der Waals surface area contributed by atoms with Crippen molar-refractivity contribution in [1.29, 1.82) is 0 Å². The van der Waals surface area contributed by atoms with E-state index in [9.17, 15) is 19.7 Å². The number of ether oxygens (including phenoxy) is 1. The van der Waals surface area contributed by atoms with Gasteiger partial charge in [0, 0.05) is 36.6 Å². The fourth-order valence-corrected chi connectivity index (χ4v) is 3.77. The average molecular weight is 552 g/mol. The van der Waals surface area contributed by atoms with Crippen LogP contribution in [0.1, 0.15) is 16.8 Å². The maximum absolute atomic E-state index is 13.1. The van der Waals surface area contributed by atoms with Gasteiger partial charge in [-0.1, -0.05) is 34.8 Å². The predicted molar refractivity (Wildman–Crippen MR) is 141 cm³/mol. The van der Waals surface area contributed by atoms with Crippen molar-refractivity contribution in [3.63, 3.8) is 0 Å². The number of benzene rings is 3. The van der Waals surface area contributed by atoms with Crippen LogP contribution in [-0.4, -0.2) is 37.1 Å². The van der Waals surface area contributed by atoms with Crippen molar-refractivity contribution in [1.82, 2.24) is 5.32 Å². The third-order valence-electron chi connectivity index (χ3n) is 5.05. The second kappa shape index (κ2) is 12.4. The van der Waals surface area contributed by atoms with E-state index >= 15 is 0 Å². The minimum Gasteiger partial charge on any atom is -0.497 e. The number of nitrogens with one attached hydrogen (secondary N) is 2. The molecule has 0 saturated carbocycles. The van der Waals surface area contributed by atoms with Gasteiger partial charge < -0.3 is 15.4 Å². The fraction of sp³-hybridized carbons (Fsp3) is 0.167. The molecule has 0 heterocycles. The van der Waals surface area contributed by atoms with Crippen molar-refractivity contribution in [3.8, 4) is 5.75 Å². The maximum Gasteiger partial charge on any atom is 0.326 e. The molecule has 2 N–H and O–H groups in total. The second-order valence-corrected chi connectivity index (χ2v) is 8.66. The van der Waals surface area contributed by atoms with Crippen molar-refractivity contribution in [2.75, 3.05) is 30.4 Å². The Morgan fingerprint density at radius 3 is 2.31 bits per heavy atom. The summed E-state index contributed by atoms with van der Waals surface area (Å²) in [6.45, 7) is 0.479. The third kappa shape index (κ3) is 7.00. The normalized spacial score (nSPS) is 10.4. The molecule has 0 saturated heterocycles. The highest BCUT2D eigenvalue weighted by molar-refractivity contribution is 6.42. The summed E-state index contributed by atoms with van der Waals surface area (Å²) in [5.74, 6) is 0.155. The molecule has 0 aliphatic rings. The SMILES string of the molecule is COc1ccc(N(CCCNC(=O)c2ccc([N+](=O)[O-])cc2Cl)C(=O)Nc2ccc(Cl)c(Cl)c2)cc1. The molecule has 3 rings (SSSR count). The molecule has 0 spiro atoms. The summed E-state index contributed by atoms with van der Waals surface area (Å²) in [7, 11) is 1.55. The van der Waals surface area contributed by atoms with E-state index in [1.807, 2.05) is 0 Å². The number of rotatable bonds is 9. The first-order chi connectivity index (χ1) is 17.2. The number of nitrogens with zero attached hydrogens (tertiary/aromatic N) is 2. The molecule has 0 radical (unpaired) electrons. The van der Waals surface area contributed by atoms with E-state index in [-0.39, 0.29) is 29.4 Å². The van der Waals surface area contributed by atoms with Crippen LogP contribution in [0.4, 0.5) is 21.9 Å². The summed E-state index contributed by atoms with van der Waals surface area (Å²) in [5.41, 5.74) is 0.985. The van der Waals surface area contributed by atoms with Gasteiger partial charge in [0.25, 0.3) is 11.6 Å². The van der Waals surface area contributed by atoms with Gasteiger partial charge in [-0.05, 0) is 55.0 Å². The van der Waals surface area contributed by atoms with Gasteiger partial charge in [-0.25, -0.2) is 4.79 Å². The van der Waals surface area contributed by atoms with E-state index in [2.05, 4.69) is 10.6 Å². The second-order valence-electron chi connectivity index (χ2n) is 7.44. The minimum atomic E-state index is -0.593. The lowest BCUT2D eigenvalue weighted by Crippen LogP contribution is -2.37. The molecular weight excluding hydrogens is 531 g/mol. The number of urea groups is 1. The zero-order valence-corrected chi connectivity index (χ0v) is 21.2. The zero-order chi connectivity index (χ0) is 26.2. The van der Waals surface area contributed by atoms with Crippen molar-refractivity contribution in [2.45, 2.75) is 6.42 Å². The summed E-state index contributed by atoms with van der Waals surface area (Å²) in [6.07, 6.45) is 0.400. The monoisotopic (exact) mass is 550 g/mol. The first kappa shape index (κ1) is 27.1. The highest BCUT2D eigenvalue weighted by atomic mass is 35.5. The Hall–Kier alpha value is -3.53. The highest BCUT2D eigenvalue weighted by Crippen LogP contribution is 2.26. The lowest BCUT2D eigenvalue weighted by Gasteiger charge is -2.24. The largest absolute Gasteiger partial charge is 0.497 e. The number of amides is 3. The molecule has 0 fully saturated rings. The Bertz CT molecular complexity index is 1270. The maximum atomic E-state index is 13.1. The van der Waals surface area contributed by atoms with Gasteiger partial charge in [-0.15, -0.1) is 0 Å². The van der Waals surface area contributed by atoms with Gasteiger partial charge in [-0.2, -0.15) is 0 Å². The van der Waals surface area contributed by atoms with E-state index in [0.29, 0.717) is 33.6 Å². The number of carbonyl (C=O) groups is 2. The number of nitro benzene ring substituents is 1. The summed E-state index contributed by atoms with van der Waals surface area (Å²) >= 11 is 18.0. The number of anilines is 2. The molecule has 0 unspecified atom stereocenters. The lowest BCUT2D eigenvalue weighted by molar-refractivity contribution is -0.384.